The maximum Gasteiger partial charge on any atom is 0.169 e. The van der Waals surface area contributed by atoms with Crippen LogP contribution < -0.4 is 5.32 Å². The first kappa shape index (κ1) is 14.4. The molecular formula is C12H20N2OS2. The second-order valence-corrected chi connectivity index (χ2v) is 5.32. The molecule has 17 heavy (non-hydrogen) atoms. The Morgan fingerprint density at radius 3 is 2.94 bits per heavy atom. The number of thiophene rings is 1. The van der Waals surface area contributed by atoms with Crippen LogP contribution in [-0.4, -0.2) is 36.3 Å². The first-order valence-corrected chi connectivity index (χ1v) is 7.03. The third-order valence-electron chi connectivity index (χ3n) is 2.38. The van der Waals surface area contributed by atoms with Gasteiger partial charge in [-0.05, 0) is 37.5 Å². The van der Waals surface area contributed by atoms with Crippen molar-refractivity contribution in [2.45, 2.75) is 26.4 Å². The second kappa shape index (κ2) is 7.63. The smallest absolute Gasteiger partial charge is 0.169 e. The molecule has 1 aromatic rings. The van der Waals surface area contributed by atoms with Crippen LogP contribution in [0.25, 0.3) is 0 Å². The maximum absolute atomic E-state index is 5.40. The van der Waals surface area contributed by atoms with E-state index in [0.717, 1.165) is 18.2 Å². The summed E-state index contributed by atoms with van der Waals surface area (Å²) in [6, 6.07) is 4.44. The highest BCUT2D eigenvalue weighted by Crippen LogP contribution is 2.11. The number of nitrogens with zero attached hydrogens (tertiary/aromatic N) is 1. The highest BCUT2D eigenvalue weighted by Gasteiger charge is 2.11. The average Bonchev–Trinajstić information content (AvgIpc) is 2.78. The molecule has 3 nitrogen and oxygen atoms in total. The average molecular weight is 272 g/mol. The number of hydrogen-bond acceptors (Lipinski definition) is 3. The van der Waals surface area contributed by atoms with Crippen molar-refractivity contribution in [1.82, 2.24) is 10.2 Å². The number of methoxy groups -OCH3 is 1. The molecule has 0 saturated carbocycles. The lowest BCUT2D eigenvalue weighted by atomic mass is 10.3. The third kappa shape index (κ3) is 5.02. The van der Waals surface area contributed by atoms with E-state index in [1.54, 1.807) is 18.4 Å². The molecule has 0 aliphatic heterocycles. The minimum Gasteiger partial charge on any atom is -0.383 e. The van der Waals surface area contributed by atoms with Crippen LogP contribution in [-0.2, 0) is 11.3 Å². The molecule has 0 amide bonds. The molecule has 0 radical (unpaired) electrons. The fourth-order valence-electron chi connectivity index (χ4n) is 1.51. The quantitative estimate of drug-likeness (QED) is 0.804. The van der Waals surface area contributed by atoms with E-state index in [1.165, 1.54) is 4.88 Å². The van der Waals surface area contributed by atoms with Gasteiger partial charge in [-0.25, -0.2) is 0 Å². The van der Waals surface area contributed by atoms with Gasteiger partial charge in [0.25, 0.3) is 0 Å². The maximum atomic E-state index is 5.40. The van der Waals surface area contributed by atoms with Gasteiger partial charge in [-0.2, -0.15) is 0 Å². The summed E-state index contributed by atoms with van der Waals surface area (Å²) < 4.78 is 5.09. The summed E-state index contributed by atoms with van der Waals surface area (Å²) in [5.41, 5.74) is 0. The molecule has 5 heteroatoms. The summed E-state index contributed by atoms with van der Waals surface area (Å²) in [4.78, 5) is 3.49. The van der Waals surface area contributed by atoms with Gasteiger partial charge in [0.15, 0.2) is 5.11 Å². The Morgan fingerprint density at radius 2 is 2.41 bits per heavy atom. The van der Waals surface area contributed by atoms with E-state index >= 15 is 0 Å². The first-order valence-electron chi connectivity index (χ1n) is 5.74. The minimum absolute atomic E-state index is 0.241. The Labute approximate surface area is 113 Å². The predicted octanol–water partition coefficient (Wildman–Crippen LogP) is 2.48. The van der Waals surface area contributed by atoms with Crippen molar-refractivity contribution < 1.29 is 4.74 Å². The predicted molar refractivity (Wildman–Crippen MR) is 77.5 cm³/mol. The summed E-state index contributed by atoms with van der Waals surface area (Å²) in [5, 5.41) is 6.17. The van der Waals surface area contributed by atoms with Crippen molar-refractivity contribution in [1.29, 1.82) is 0 Å². The molecule has 1 N–H and O–H groups in total. The Kier molecular flexibility index (Phi) is 6.47. The normalized spacial score (nSPS) is 12.2. The lowest BCUT2D eigenvalue weighted by Crippen LogP contribution is -2.44. The molecule has 1 rings (SSSR count). The van der Waals surface area contributed by atoms with Gasteiger partial charge < -0.3 is 15.0 Å². The van der Waals surface area contributed by atoms with Crippen molar-refractivity contribution in [2.75, 3.05) is 20.3 Å². The van der Waals surface area contributed by atoms with E-state index in [-0.39, 0.29) is 6.04 Å². The molecule has 0 aliphatic carbocycles. The van der Waals surface area contributed by atoms with Gasteiger partial charge in [-0.3, -0.25) is 0 Å². The molecule has 1 heterocycles. The Hall–Kier alpha value is -0.650. The zero-order valence-electron chi connectivity index (χ0n) is 10.6. The van der Waals surface area contributed by atoms with Gasteiger partial charge >= 0.3 is 0 Å². The van der Waals surface area contributed by atoms with E-state index in [1.807, 2.05) is 0 Å². The van der Waals surface area contributed by atoms with Crippen molar-refractivity contribution >= 4 is 28.7 Å². The molecule has 0 fully saturated rings. The molecule has 0 aliphatic rings. The fourth-order valence-corrected chi connectivity index (χ4v) is 2.63. The highest BCUT2D eigenvalue weighted by atomic mass is 32.1. The number of nitrogens with one attached hydrogen (secondary N) is 1. The lowest BCUT2D eigenvalue weighted by molar-refractivity contribution is 0.178. The molecule has 0 aromatic carbocycles. The number of hydrogen-bond donors (Lipinski definition) is 1. The summed E-state index contributed by atoms with van der Waals surface area (Å²) in [6.07, 6.45) is 0. The van der Waals surface area contributed by atoms with Crippen molar-refractivity contribution in [3.05, 3.63) is 22.4 Å². The topological polar surface area (TPSA) is 24.5 Å². The van der Waals surface area contributed by atoms with E-state index in [2.05, 4.69) is 41.6 Å². The van der Waals surface area contributed by atoms with E-state index < -0.39 is 0 Å². The molecule has 0 saturated heterocycles. The number of thiocarbonyl (C=S) groups is 1. The van der Waals surface area contributed by atoms with Gasteiger partial charge in [0.1, 0.15) is 0 Å². The van der Waals surface area contributed by atoms with Crippen LogP contribution in [0.4, 0.5) is 0 Å². The molecular weight excluding hydrogens is 252 g/mol. The second-order valence-electron chi connectivity index (χ2n) is 3.90. The van der Waals surface area contributed by atoms with E-state index in [0.29, 0.717) is 6.61 Å². The Balaban J connectivity index is 2.46. The van der Waals surface area contributed by atoms with Crippen molar-refractivity contribution in [2.24, 2.45) is 0 Å². The van der Waals surface area contributed by atoms with Crippen LogP contribution in [0.3, 0.4) is 0 Å². The zero-order valence-corrected chi connectivity index (χ0v) is 12.2. The van der Waals surface area contributed by atoms with Crippen molar-refractivity contribution in [3.8, 4) is 0 Å². The van der Waals surface area contributed by atoms with E-state index in [4.69, 9.17) is 17.0 Å². The van der Waals surface area contributed by atoms with Crippen LogP contribution in [0, 0.1) is 0 Å². The van der Waals surface area contributed by atoms with Gasteiger partial charge in [-0.15, -0.1) is 11.3 Å². The summed E-state index contributed by atoms with van der Waals surface area (Å²) >= 11 is 7.16. The molecule has 1 unspecified atom stereocenters. The van der Waals surface area contributed by atoms with Crippen LogP contribution in [0.5, 0.6) is 0 Å². The largest absolute Gasteiger partial charge is 0.383 e. The van der Waals surface area contributed by atoms with Crippen LogP contribution in [0.15, 0.2) is 17.5 Å². The van der Waals surface area contributed by atoms with Crippen LogP contribution >= 0.6 is 23.6 Å². The Bertz CT molecular complexity index is 327. The fraction of sp³-hybridized carbons (Fsp3) is 0.583. The standard InChI is InChI=1S/C12H20N2OS2/c1-4-14(8-11-6-5-7-17-11)12(16)13-10(2)9-15-3/h5-7,10H,4,8-9H2,1-3H3,(H,13,16). The monoisotopic (exact) mass is 272 g/mol. The summed E-state index contributed by atoms with van der Waals surface area (Å²) in [7, 11) is 1.70. The lowest BCUT2D eigenvalue weighted by Gasteiger charge is -2.26. The van der Waals surface area contributed by atoms with Gasteiger partial charge in [0, 0.05) is 24.6 Å². The summed E-state index contributed by atoms with van der Waals surface area (Å²) in [5.74, 6) is 0. The number of ether oxygens (including phenoxy) is 1. The number of rotatable bonds is 6. The SMILES string of the molecule is CCN(Cc1cccs1)C(=S)NC(C)COC. The Morgan fingerprint density at radius 1 is 1.65 bits per heavy atom. The minimum atomic E-state index is 0.241. The zero-order chi connectivity index (χ0) is 12.7. The van der Waals surface area contributed by atoms with Crippen LogP contribution in [0.1, 0.15) is 18.7 Å². The van der Waals surface area contributed by atoms with Gasteiger partial charge in [-0.1, -0.05) is 6.07 Å². The summed E-state index contributed by atoms with van der Waals surface area (Å²) in [6.45, 7) is 6.62. The van der Waals surface area contributed by atoms with Gasteiger partial charge in [0.2, 0.25) is 0 Å². The molecule has 0 bridgehead atoms. The van der Waals surface area contributed by atoms with E-state index in [9.17, 15) is 0 Å². The van der Waals surface area contributed by atoms with Gasteiger partial charge in [0.05, 0.1) is 13.2 Å². The first-order chi connectivity index (χ1) is 8.17. The molecule has 96 valence electrons. The third-order valence-corrected chi connectivity index (χ3v) is 3.62. The van der Waals surface area contributed by atoms with Crippen molar-refractivity contribution in [3.63, 3.8) is 0 Å². The highest BCUT2D eigenvalue weighted by molar-refractivity contribution is 7.80. The molecule has 1 atom stereocenters. The molecule has 0 spiro atoms. The van der Waals surface area contributed by atoms with Crippen LogP contribution in [0.2, 0.25) is 0 Å². The molecule has 1 aromatic heterocycles.